The van der Waals surface area contributed by atoms with Gasteiger partial charge < -0.3 is 0 Å². The molecule has 1 N–H and O–H groups in total. The molecule has 18 heavy (non-hydrogen) atoms. The van der Waals surface area contributed by atoms with Crippen LogP contribution in [0.15, 0.2) is 40.9 Å². The molecule has 0 aliphatic heterocycles. The van der Waals surface area contributed by atoms with Gasteiger partial charge in [0, 0.05) is 17.1 Å². The average molecular weight is 320 g/mol. The van der Waals surface area contributed by atoms with E-state index in [0.29, 0.717) is 4.77 Å². The third kappa shape index (κ3) is 2.00. The second-order valence-corrected chi connectivity index (χ2v) is 5.40. The highest BCUT2D eigenvalue weighted by atomic mass is 79.9. The summed E-state index contributed by atoms with van der Waals surface area (Å²) in [6.07, 6.45) is 0. The first-order valence-electron chi connectivity index (χ1n) is 5.46. The molecule has 3 aromatic rings. The largest absolute Gasteiger partial charge is 0.279 e. The molecule has 0 aliphatic rings. The number of aromatic amines is 1. The second kappa shape index (κ2) is 4.33. The Labute approximate surface area is 118 Å². The number of nitrogens with one attached hydrogen (secondary N) is 1. The fourth-order valence-electron chi connectivity index (χ4n) is 1.90. The van der Waals surface area contributed by atoms with Gasteiger partial charge in [-0.15, -0.1) is 0 Å². The van der Waals surface area contributed by atoms with Crippen LogP contribution >= 0.6 is 28.1 Å². The molecule has 0 bridgehead atoms. The van der Waals surface area contributed by atoms with Crippen LogP contribution in [-0.4, -0.2) is 14.8 Å². The van der Waals surface area contributed by atoms with E-state index in [-0.39, 0.29) is 0 Å². The Morgan fingerprint density at radius 2 is 1.89 bits per heavy atom. The molecule has 5 heteroatoms. The third-order valence-corrected chi connectivity index (χ3v) is 3.70. The fraction of sp³-hybridized carbons (Fsp3) is 0.0769. The summed E-state index contributed by atoms with van der Waals surface area (Å²) >= 11 is 8.57. The zero-order chi connectivity index (χ0) is 12.7. The summed E-state index contributed by atoms with van der Waals surface area (Å²) in [5.74, 6) is 0.798. The van der Waals surface area contributed by atoms with Crippen LogP contribution in [0.2, 0.25) is 0 Å². The topological polar surface area (TPSA) is 33.6 Å². The van der Waals surface area contributed by atoms with E-state index in [2.05, 4.69) is 50.3 Å². The molecule has 0 amide bonds. The monoisotopic (exact) mass is 319 g/mol. The molecule has 0 unspecified atom stereocenters. The molecule has 1 aromatic heterocycles. The Morgan fingerprint density at radius 3 is 2.61 bits per heavy atom. The highest BCUT2D eigenvalue weighted by molar-refractivity contribution is 9.10. The molecule has 3 nitrogen and oxygen atoms in total. The van der Waals surface area contributed by atoms with Gasteiger partial charge in [-0.2, -0.15) is 4.98 Å². The molecule has 0 radical (unpaired) electrons. The molecule has 1 heterocycles. The van der Waals surface area contributed by atoms with Crippen molar-refractivity contribution in [3.8, 4) is 11.4 Å². The van der Waals surface area contributed by atoms with Crippen molar-refractivity contribution in [3.63, 3.8) is 0 Å². The molecular formula is C13H10BrN3S. The number of halogens is 1. The number of nitrogens with zero attached hydrogens (tertiary/aromatic N) is 2. The highest BCUT2D eigenvalue weighted by Gasteiger charge is 2.04. The van der Waals surface area contributed by atoms with Crippen molar-refractivity contribution in [2.24, 2.45) is 7.05 Å². The summed E-state index contributed by atoms with van der Waals surface area (Å²) in [5, 5.41) is 5.51. The number of aryl methyl sites for hydroxylation is 1. The van der Waals surface area contributed by atoms with Crippen LogP contribution in [0.1, 0.15) is 0 Å². The summed E-state index contributed by atoms with van der Waals surface area (Å²) in [4.78, 5) is 4.32. The second-order valence-electron chi connectivity index (χ2n) is 4.12. The number of hydrogen-bond acceptors (Lipinski definition) is 2. The lowest BCUT2D eigenvalue weighted by Crippen LogP contribution is -1.89. The zero-order valence-corrected chi connectivity index (χ0v) is 12.0. The average Bonchev–Trinajstić information content (AvgIpc) is 2.69. The zero-order valence-electron chi connectivity index (χ0n) is 9.64. The van der Waals surface area contributed by atoms with Crippen LogP contribution in [-0.2, 0) is 7.05 Å². The van der Waals surface area contributed by atoms with Crippen molar-refractivity contribution < 1.29 is 0 Å². The van der Waals surface area contributed by atoms with Crippen molar-refractivity contribution in [1.29, 1.82) is 0 Å². The Balaban J connectivity index is 2.19. The van der Waals surface area contributed by atoms with E-state index in [1.54, 1.807) is 4.68 Å². The summed E-state index contributed by atoms with van der Waals surface area (Å²) in [7, 11) is 1.86. The molecule has 0 saturated carbocycles. The molecule has 0 saturated heterocycles. The van der Waals surface area contributed by atoms with Crippen LogP contribution in [0.3, 0.4) is 0 Å². The van der Waals surface area contributed by atoms with Crippen molar-refractivity contribution in [2.75, 3.05) is 0 Å². The van der Waals surface area contributed by atoms with Crippen LogP contribution in [0.4, 0.5) is 0 Å². The number of fused-ring (bicyclic) bond motifs is 1. The van der Waals surface area contributed by atoms with Gasteiger partial charge in [-0.25, -0.2) is 0 Å². The standard InChI is InChI=1S/C13H10BrN3S/c1-17-13(18)15-12(16-17)10-3-2-9-7-11(14)5-4-8(9)6-10/h2-7H,1H3,(H,15,16,18). The van der Waals surface area contributed by atoms with Crippen LogP contribution in [0.25, 0.3) is 22.2 Å². The summed E-state index contributed by atoms with van der Waals surface area (Å²) in [6.45, 7) is 0. The molecule has 0 aliphatic carbocycles. The van der Waals surface area contributed by atoms with Gasteiger partial charge in [0.25, 0.3) is 0 Å². The van der Waals surface area contributed by atoms with Crippen molar-refractivity contribution in [2.45, 2.75) is 0 Å². The van der Waals surface area contributed by atoms with Gasteiger partial charge in [-0.1, -0.05) is 34.1 Å². The van der Waals surface area contributed by atoms with E-state index >= 15 is 0 Å². The predicted octanol–water partition coefficient (Wildman–Crippen LogP) is 4.06. The molecule has 0 spiro atoms. The minimum atomic E-state index is 0.556. The minimum absolute atomic E-state index is 0.556. The SMILES string of the molecule is Cn1[nH]c(-c2ccc3cc(Br)ccc3c2)nc1=S. The maximum Gasteiger partial charge on any atom is 0.216 e. The fourth-order valence-corrected chi connectivity index (χ4v) is 2.41. The van der Waals surface area contributed by atoms with E-state index < -0.39 is 0 Å². The van der Waals surface area contributed by atoms with Gasteiger partial charge in [-0.3, -0.25) is 9.78 Å². The lowest BCUT2D eigenvalue weighted by molar-refractivity contribution is 0.756. The Kier molecular flexibility index (Phi) is 2.80. The van der Waals surface area contributed by atoms with Crippen LogP contribution in [0.5, 0.6) is 0 Å². The Morgan fingerprint density at radius 1 is 1.17 bits per heavy atom. The van der Waals surface area contributed by atoms with Gasteiger partial charge in [0.1, 0.15) is 0 Å². The summed E-state index contributed by atoms with van der Waals surface area (Å²) < 4.78 is 3.37. The lowest BCUT2D eigenvalue weighted by Gasteiger charge is -2.01. The Hall–Kier alpha value is -1.46. The quantitative estimate of drug-likeness (QED) is 0.686. The maximum absolute atomic E-state index is 5.10. The normalized spacial score (nSPS) is 11.0. The van der Waals surface area contributed by atoms with Crippen molar-refractivity contribution in [3.05, 3.63) is 45.6 Å². The highest BCUT2D eigenvalue weighted by Crippen LogP contribution is 2.24. The van der Waals surface area contributed by atoms with E-state index in [9.17, 15) is 0 Å². The van der Waals surface area contributed by atoms with E-state index in [1.165, 1.54) is 10.8 Å². The number of rotatable bonds is 1. The number of H-pyrrole nitrogens is 1. The van der Waals surface area contributed by atoms with Crippen LogP contribution in [0, 0.1) is 4.77 Å². The van der Waals surface area contributed by atoms with Crippen molar-refractivity contribution in [1.82, 2.24) is 14.8 Å². The molecule has 90 valence electrons. The lowest BCUT2D eigenvalue weighted by atomic mass is 10.1. The first-order valence-corrected chi connectivity index (χ1v) is 6.66. The van der Waals surface area contributed by atoms with E-state index in [1.807, 2.05) is 19.2 Å². The molecular weight excluding hydrogens is 310 g/mol. The molecule has 3 rings (SSSR count). The van der Waals surface area contributed by atoms with Gasteiger partial charge >= 0.3 is 0 Å². The molecule has 0 atom stereocenters. The van der Waals surface area contributed by atoms with E-state index in [0.717, 1.165) is 15.9 Å². The summed E-state index contributed by atoms with van der Waals surface area (Å²) in [5.41, 5.74) is 1.04. The Bertz CT molecular complexity index is 788. The maximum atomic E-state index is 5.10. The number of benzene rings is 2. The smallest absolute Gasteiger partial charge is 0.216 e. The molecule has 2 aromatic carbocycles. The van der Waals surface area contributed by atoms with Gasteiger partial charge in [0.15, 0.2) is 5.82 Å². The summed E-state index contributed by atoms with van der Waals surface area (Å²) in [6, 6.07) is 12.5. The number of hydrogen-bond donors (Lipinski definition) is 1. The van der Waals surface area contributed by atoms with Crippen LogP contribution < -0.4 is 0 Å². The van der Waals surface area contributed by atoms with Gasteiger partial charge in [0.05, 0.1) is 0 Å². The minimum Gasteiger partial charge on any atom is -0.279 e. The molecule has 0 fully saturated rings. The predicted molar refractivity (Wildman–Crippen MR) is 79.0 cm³/mol. The van der Waals surface area contributed by atoms with Crippen molar-refractivity contribution >= 4 is 38.9 Å². The first kappa shape index (κ1) is 11.6. The van der Waals surface area contributed by atoms with E-state index in [4.69, 9.17) is 12.2 Å². The van der Waals surface area contributed by atoms with Gasteiger partial charge in [0.2, 0.25) is 4.77 Å². The number of aromatic nitrogens is 3. The first-order chi connectivity index (χ1) is 8.63. The van der Waals surface area contributed by atoms with Gasteiger partial charge in [-0.05, 0) is 41.2 Å². The third-order valence-electron chi connectivity index (χ3n) is 2.84.